The Morgan fingerprint density at radius 1 is 0.369 bits per heavy atom. The van der Waals surface area contributed by atoms with Crippen LogP contribution in [-0.2, 0) is 47.8 Å². The van der Waals surface area contributed by atoms with Crippen LogP contribution in [0.3, 0.4) is 0 Å². The molecule has 7 fully saturated rings. The van der Waals surface area contributed by atoms with Crippen LogP contribution in [0.15, 0.2) is 222 Å². The third kappa shape index (κ3) is 25.1. The number of aliphatic hydroxyl groups is 1. The highest BCUT2D eigenvalue weighted by Crippen LogP contribution is 2.41. The first-order valence-corrected chi connectivity index (χ1v) is 47.3. The highest BCUT2D eigenvalue weighted by molar-refractivity contribution is 9.10. The van der Waals surface area contributed by atoms with Gasteiger partial charge in [0, 0.05) is 160 Å². The van der Waals surface area contributed by atoms with Crippen molar-refractivity contribution in [3.05, 3.63) is 283 Å². The number of Topliss-reactive ketones (excluding diaryl/α,β-unsaturated/α-hetero) is 2. The minimum atomic E-state index is -0.912. The fourth-order valence-corrected chi connectivity index (χ4v) is 19.8. The summed E-state index contributed by atoms with van der Waals surface area (Å²) in [5.74, 6) is 2.43. The molecule has 10 N–H and O–H groups in total. The molecule has 5 aromatic heterocycles. The summed E-state index contributed by atoms with van der Waals surface area (Å²) in [6, 6.07) is 61.6. The standard InChI is InChI=1S/C27H30N2O3.C25H28N2O2.C19H22N2O4.C18H21BrN2O2.C10H9BrN2.C7H9N/c1-19-15-22(25(30)8-7-20-5-3-2-4-6-20)16-21-17-26(28-18-24(19)21)29-23-9-11-27(12-10-23)31-13-14-32-27;1-17-13-20(24(29)12-7-18-5-3-2-4-6-18)14-19-15-25(26-16-23(17)19)27-21-8-10-22(28)11-9-21;1-12-8-14(18(22)23)9-13-10-17(20-11-16(12)13)21-15-2-4-19(5-3-15)24-6-7-25-19;1-12-8-14(19)9-13-10-17(20-11-16(12)13)21-15-2-4-18(5-3-15)22-6-7-23-18;1-6-2-8(11)3-7-4-10(12)13-5-9(6)7;8-6-7-4-2-1-3-5-7/h2-6,15-18,23H,7-14H2,1H3,(H,28,29);2-6,13-16,21-22,28H,7-12H2,1H3,(H,26,27);8-11,15H,2-7H2,1H3,(H,20,21)(H,22,23);8-11,15H,2-7H2,1H3,(H,20,21);2-5H,1H3,(H2,12,13);1-5H,6,8H2. The molecule has 0 amide bonds. The van der Waals surface area contributed by atoms with Gasteiger partial charge in [0.2, 0.25) is 0 Å². The van der Waals surface area contributed by atoms with Crippen molar-refractivity contribution < 1.29 is 53.0 Å². The molecule has 678 valence electrons. The Balaban J connectivity index is 0.000000124. The zero-order chi connectivity index (χ0) is 90.7. The predicted molar refractivity (Wildman–Crippen MR) is 525 cm³/mol. The maximum atomic E-state index is 12.9. The van der Waals surface area contributed by atoms with Crippen molar-refractivity contribution in [1.82, 2.24) is 24.9 Å². The lowest BCUT2D eigenvalue weighted by atomic mass is 9.90. The van der Waals surface area contributed by atoms with E-state index in [9.17, 15) is 24.6 Å². The quantitative estimate of drug-likeness (QED) is 0.0370. The maximum absolute atomic E-state index is 12.9. The molecule has 3 aliphatic heterocycles. The van der Waals surface area contributed by atoms with Gasteiger partial charge in [0.1, 0.15) is 29.1 Å². The number of nitrogens with zero attached hydrogens (tertiary/aromatic N) is 5. The number of rotatable bonds is 18. The number of nitrogens with two attached hydrogens (primary N) is 2. The van der Waals surface area contributed by atoms with E-state index in [1.54, 1.807) is 12.1 Å². The molecule has 3 saturated heterocycles. The van der Waals surface area contributed by atoms with E-state index in [2.05, 4.69) is 146 Å². The number of anilines is 5. The Bertz CT molecular complexity index is 6040. The van der Waals surface area contributed by atoms with Crippen molar-refractivity contribution in [1.29, 1.82) is 0 Å². The van der Waals surface area contributed by atoms with Gasteiger partial charge in [-0.1, -0.05) is 123 Å². The molecule has 8 aromatic carbocycles. The summed E-state index contributed by atoms with van der Waals surface area (Å²) in [6.45, 7) is 15.1. The third-order valence-corrected chi connectivity index (χ3v) is 26.8. The largest absolute Gasteiger partial charge is 0.478 e. The lowest BCUT2D eigenvalue weighted by Gasteiger charge is -2.35. The summed E-state index contributed by atoms with van der Waals surface area (Å²) in [4.78, 5) is 59.3. The average molecular weight is 1880 g/mol. The minimum Gasteiger partial charge on any atom is -0.478 e. The van der Waals surface area contributed by atoms with E-state index in [4.69, 9.17) is 39.9 Å². The van der Waals surface area contributed by atoms with Crippen molar-refractivity contribution in [2.24, 2.45) is 5.73 Å². The van der Waals surface area contributed by atoms with Crippen molar-refractivity contribution in [3.8, 4) is 0 Å². The molecule has 3 spiro atoms. The first kappa shape index (κ1) is 93.9. The van der Waals surface area contributed by atoms with Crippen LogP contribution in [0.1, 0.15) is 191 Å². The number of pyridine rings is 5. The Hall–Kier alpha value is -10.7. The number of hydrogen-bond acceptors (Lipinski definition) is 21. The molecular weight excluding hydrogens is 1760 g/mol. The van der Waals surface area contributed by atoms with Gasteiger partial charge in [-0.05, 0) is 274 Å². The molecule has 130 heavy (non-hydrogen) atoms. The van der Waals surface area contributed by atoms with E-state index in [0.29, 0.717) is 81.4 Å². The molecule has 22 nitrogen and oxygen atoms in total. The van der Waals surface area contributed by atoms with Gasteiger partial charge in [-0.15, -0.1) is 0 Å². The molecule has 0 bridgehead atoms. The van der Waals surface area contributed by atoms with Crippen LogP contribution in [-0.4, -0.2) is 140 Å². The van der Waals surface area contributed by atoms with Crippen LogP contribution in [0, 0.1) is 34.6 Å². The normalized spacial score (nSPS) is 18.9. The van der Waals surface area contributed by atoms with E-state index in [1.165, 1.54) is 38.6 Å². The van der Waals surface area contributed by atoms with Gasteiger partial charge in [-0.25, -0.2) is 29.7 Å². The summed E-state index contributed by atoms with van der Waals surface area (Å²) < 4.78 is 37.0. The van der Waals surface area contributed by atoms with E-state index in [0.717, 1.165) is 232 Å². The second-order valence-electron chi connectivity index (χ2n) is 35.4. The van der Waals surface area contributed by atoms with Crippen LogP contribution in [0.5, 0.6) is 0 Å². The molecule has 0 unspecified atom stereocenters. The summed E-state index contributed by atoms with van der Waals surface area (Å²) in [6.07, 6.45) is 26.9. The lowest BCUT2D eigenvalue weighted by molar-refractivity contribution is -0.178. The number of carboxylic acids is 1. The number of aromatic carboxylic acids is 1. The first-order valence-electron chi connectivity index (χ1n) is 45.7. The minimum absolute atomic E-state index is 0.162. The zero-order valence-corrected chi connectivity index (χ0v) is 78.1. The molecule has 13 aromatic rings. The fourth-order valence-electron chi connectivity index (χ4n) is 18.6. The average Bonchev–Trinajstić information content (AvgIpc) is 1.31. The van der Waals surface area contributed by atoms with Gasteiger partial charge >= 0.3 is 5.97 Å². The van der Waals surface area contributed by atoms with Gasteiger partial charge in [0.15, 0.2) is 28.9 Å². The van der Waals surface area contributed by atoms with Crippen molar-refractivity contribution >= 4 is 132 Å². The molecule has 4 aliphatic carbocycles. The van der Waals surface area contributed by atoms with Gasteiger partial charge < -0.3 is 71.4 Å². The topological polar surface area (TPSA) is 312 Å². The summed E-state index contributed by atoms with van der Waals surface area (Å²) in [7, 11) is 0. The number of aromatic nitrogens is 5. The molecule has 7 aliphatic rings. The van der Waals surface area contributed by atoms with Crippen molar-refractivity contribution in [2.45, 2.75) is 217 Å². The number of nitrogen functional groups attached to an aromatic ring is 1. The third-order valence-electron chi connectivity index (χ3n) is 25.9. The number of carbonyl (C=O) groups is 3. The van der Waals surface area contributed by atoms with Gasteiger partial charge in [0.25, 0.3) is 0 Å². The number of aryl methyl sites for hydroxylation is 7. The zero-order valence-electron chi connectivity index (χ0n) is 74.9. The number of nitrogens with one attached hydrogen (secondary N) is 4. The second kappa shape index (κ2) is 44.0. The molecule has 0 radical (unpaired) electrons. The van der Waals surface area contributed by atoms with Crippen molar-refractivity contribution in [2.75, 3.05) is 66.6 Å². The number of ketones is 2. The molecule has 8 heterocycles. The van der Waals surface area contributed by atoms with Crippen LogP contribution < -0.4 is 32.7 Å². The van der Waals surface area contributed by atoms with Gasteiger partial charge in [-0.2, -0.15) is 0 Å². The van der Waals surface area contributed by atoms with Crippen LogP contribution in [0.4, 0.5) is 29.1 Å². The van der Waals surface area contributed by atoms with Crippen LogP contribution in [0.25, 0.3) is 53.9 Å². The second-order valence-corrected chi connectivity index (χ2v) is 37.2. The number of benzene rings is 8. The number of fused-ring (bicyclic) bond motifs is 5. The molecule has 4 saturated carbocycles. The van der Waals surface area contributed by atoms with E-state index in [1.807, 2.05) is 167 Å². The number of carbonyl (C=O) groups excluding carboxylic acids is 2. The van der Waals surface area contributed by atoms with Gasteiger partial charge in [0.05, 0.1) is 51.3 Å². The Morgan fingerprint density at radius 2 is 0.654 bits per heavy atom. The van der Waals surface area contributed by atoms with Crippen LogP contribution in [0.2, 0.25) is 0 Å². The van der Waals surface area contributed by atoms with Crippen molar-refractivity contribution in [3.63, 3.8) is 0 Å². The summed E-state index contributed by atoms with van der Waals surface area (Å²) in [5, 5.41) is 43.9. The molecule has 0 atom stereocenters. The van der Waals surface area contributed by atoms with Gasteiger partial charge in [-0.3, -0.25) is 9.59 Å². The lowest BCUT2D eigenvalue weighted by Crippen LogP contribution is -2.39. The monoisotopic (exact) mass is 1880 g/mol. The fraction of sp³-hybridized carbons (Fsp3) is 0.377. The maximum Gasteiger partial charge on any atom is 0.335 e. The van der Waals surface area contributed by atoms with E-state index < -0.39 is 5.97 Å². The highest BCUT2D eigenvalue weighted by atomic mass is 79.9. The smallest absolute Gasteiger partial charge is 0.335 e. The SMILES string of the molecule is Cc1cc(Br)cc2cc(N)ncc12.Cc1cc(Br)cc2cc(NC3CCC4(CC3)OCCO4)ncc12.Cc1cc(C(=O)CCc2ccccc2)cc2cc(NC3CCC(O)CC3)ncc12.Cc1cc(C(=O)CCc2ccccc2)cc2cc(NC3CCC4(CC3)OCCO4)ncc12.Cc1cc(C(=O)O)cc2cc(NC3CCC4(CC3)OCCO4)ncc12.NCc1ccccc1. The number of aliphatic hydroxyl groups excluding tert-OH is 1. The molecule has 24 heteroatoms. The number of carboxylic acid groups (broad SMARTS) is 1. The number of halogens is 2. The first-order chi connectivity index (χ1) is 63.0. The Kier molecular flexibility index (Phi) is 31.8. The van der Waals surface area contributed by atoms with Crippen LogP contribution >= 0.6 is 31.9 Å². The molecule has 20 rings (SSSR count). The van der Waals surface area contributed by atoms with E-state index >= 15 is 0 Å². The summed E-state index contributed by atoms with van der Waals surface area (Å²) in [5.41, 5.74) is 21.9. The molecular formula is C106H119Br2N11O11. The predicted octanol–water partition coefficient (Wildman–Crippen LogP) is 22.3. The van der Waals surface area contributed by atoms with E-state index in [-0.39, 0.29) is 35.0 Å². The number of ether oxygens (including phenoxy) is 6. The Morgan fingerprint density at radius 3 is 0.977 bits per heavy atom. The summed E-state index contributed by atoms with van der Waals surface area (Å²) >= 11 is 7.02. The highest BCUT2D eigenvalue weighted by Gasteiger charge is 2.43. The Labute approximate surface area is 777 Å². The number of hydrogen-bond donors (Lipinski definition) is 8.